The summed E-state index contributed by atoms with van der Waals surface area (Å²) in [6, 6.07) is 6.19. The van der Waals surface area contributed by atoms with Gasteiger partial charge in [0.25, 0.3) is 5.91 Å². The molecule has 18 heavy (non-hydrogen) atoms. The third-order valence-corrected chi connectivity index (χ3v) is 2.20. The van der Waals surface area contributed by atoms with Crippen LogP contribution in [0.25, 0.3) is 0 Å². The Morgan fingerprint density at radius 3 is 2.50 bits per heavy atom. The minimum Gasteiger partial charge on any atom is -0.481 e. The van der Waals surface area contributed by atoms with Gasteiger partial charge in [-0.2, -0.15) is 0 Å². The van der Waals surface area contributed by atoms with Gasteiger partial charge >= 0.3 is 5.97 Å². The number of benzene rings is 1. The normalized spacial score (nSPS) is 9.61. The summed E-state index contributed by atoms with van der Waals surface area (Å²) in [6.07, 6.45) is -0.496. The highest BCUT2D eigenvalue weighted by molar-refractivity contribution is 6.30. The number of rotatable bonds is 4. The van der Waals surface area contributed by atoms with Crippen LogP contribution in [0.2, 0.25) is 5.02 Å². The Morgan fingerprint density at radius 2 is 1.89 bits per heavy atom. The molecular weight excluding hydrogens is 260 g/mol. The van der Waals surface area contributed by atoms with E-state index in [4.69, 9.17) is 16.7 Å². The van der Waals surface area contributed by atoms with Crippen LogP contribution < -0.4 is 10.9 Å². The van der Waals surface area contributed by atoms with Gasteiger partial charge in [0.2, 0.25) is 5.91 Å². The van der Waals surface area contributed by atoms with E-state index in [2.05, 4.69) is 10.9 Å². The third kappa shape index (κ3) is 4.84. The van der Waals surface area contributed by atoms with Crippen LogP contribution in [0, 0.1) is 0 Å². The van der Waals surface area contributed by atoms with Crippen LogP contribution in [0.5, 0.6) is 0 Å². The van der Waals surface area contributed by atoms with Gasteiger partial charge in [0.15, 0.2) is 0 Å². The predicted octanol–water partition coefficient (Wildman–Crippen LogP) is 0.966. The lowest BCUT2D eigenvalue weighted by Crippen LogP contribution is -2.41. The van der Waals surface area contributed by atoms with Crippen molar-refractivity contribution in [3.8, 4) is 0 Å². The van der Waals surface area contributed by atoms with Crippen molar-refractivity contribution >= 4 is 29.4 Å². The first-order chi connectivity index (χ1) is 8.49. The average molecular weight is 271 g/mol. The monoisotopic (exact) mass is 270 g/mol. The zero-order chi connectivity index (χ0) is 13.5. The summed E-state index contributed by atoms with van der Waals surface area (Å²) in [4.78, 5) is 32.9. The molecule has 0 heterocycles. The number of amides is 2. The quantitative estimate of drug-likeness (QED) is 0.710. The molecule has 0 aromatic heterocycles. The van der Waals surface area contributed by atoms with E-state index in [-0.39, 0.29) is 12.8 Å². The second-order valence-electron chi connectivity index (χ2n) is 3.41. The fraction of sp³-hybridized carbons (Fsp3) is 0.182. The minimum absolute atomic E-state index is 0.203. The maximum absolute atomic E-state index is 11.5. The van der Waals surface area contributed by atoms with Crippen molar-refractivity contribution in [1.82, 2.24) is 10.9 Å². The number of aliphatic carboxylic acids is 1. The molecule has 1 aromatic rings. The third-order valence-electron chi connectivity index (χ3n) is 1.97. The SMILES string of the molecule is O=C(O)CCC(=O)NNC(=O)c1cccc(Cl)c1. The van der Waals surface area contributed by atoms with E-state index in [0.717, 1.165) is 0 Å². The highest BCUT2D eigenvalue weighted by Gasteiger charge is 2.08. The first kappa shape index (κ1) is 14.0. The topological polar surface area (TPSA) is 95.5 Å². The van der Waals surface area contributed by atoms with Crippen molar-refractivity contribution < 1.29 is 19.5 Å². The lowest BCUT2D eigenvalue weighted by molar-refractivity contribution is -0.138. The Morgan fingerprint density at radius 1 is 1.17 bits per heavy atom. The zero-order valence-corrected chi connectivity index (χ0v) is 10.0. The fourth-order valence-electron chi connectivity index (χ4n) is 1.11. The second kappa shape index (κ2) is 6.61. The van der Waals surface area contributed by atoms with E-state index in [1.54, 1.807) is 12.1 Å². The fourth-order valence-corrected chi connectivity index (χ4v) is 1.30. The minimum atomic E-state index is -1.08. The molecule has 0 unspecified atom stereocenters. The summed E-state index contributed by atoms with van der Waals surface area (Å²) in [5, 5.41) is 8.77. The Hall–Kier alpha value is -2.08. The number of carboxylic acid groups (broad SMARTS) is 1. The Balaban J connectivity index is 2.42. The van der Waals surface area contributed by atoms with Crippen molar-refractivity contribution in [2.24, 2.45) is 0 Å². The molecule has 96 valence electrons. The van der Waals surface area contributed by atoms with E-state index in [9.17, 15) is 14.4 Å². The number of hydrazine groups is 1. The smallest absolute Gasteiger partial charge is 0.303 e. The maximum atomic E-state index is 11.5. The van der Waals surface area contributed by atoms with E-state index in [1.807, 2.05) is 0 Å². The summed E-state index contributed by atoms with van der Waals surface area (Å²) in [7, 11) is 0. The van der Waals surface area contributed by atoms with E-state index < -0.39 is 17.8 Å². The molecule has 2 amide bonds. The second-order valence-corrected chi connectivity index (χ2v) is 3.84. The molecule has 0 fully saturated rings. The first-order valence-electron chi connectivity index (χ1n) is 5.05. The van der Waals surface area contributed by atoms with Crippen molar-refractivity contribution in [2.45, 2.75) is 12.8 Å². The van der Waals surface area contributed by atoms with E-state index >= 15 is 0 Å². The number of nitrogens with one attached hydrogen (secondary N) is 2. The molecule has 0 saturated carbocycles. The highest BCUT2D eigenvalue weighted by Crippen LogP contribution is 2.10. The van der Waals surface area contributed by atoms with Crippen LogP contribution in [0.4, 0.5) is 0 Å². The molecule has 0 atom stereocenters. The van der Waals surface area contributed by atoms with Crippen LogP contribution in [0.3, 0.4) is 0 Å². The van der Waals surface area contributed by atoms with Gasteiger partial charge in [-0.1, -0.05) is 17.7 Å². The number of halogens is 1. The van der Waals surface area contributed by atoms with Crippen molar-refractivity contribution in [3.63, 3.8) is 0 Å². The van der Waals surface area contributed by atoms with Gasteiger partial charge < -0.3 is 5.11 Å². The molecule has 7 heteroatoms. The summed E-state index contributed by atoms with van der Waals surface area (Å²) in [5.74, 6) is -2.18. The van der Waals surface area contributed by atoms with Gasteiger partial charge in [-0.15, -0.1) is 0 Å². The Bertz CT molecular complexity index is 476. The largest absolute Gasteiger partial charge is 0.481 e. The number of hydrogen-bond acceptors (Lipinski definition) is 3. The summed E-state index contributed by atoms with van der Waals surface area (Å²) in [6.45, 7) is 0. The van der Waals surface area contributed by atoms with E-state index in [1.165, 1.54) is 12.1 Å². The van der Waals surface area contributed by atoms with Gasteiger partial charge in [0, 0.05) is 17.0 Å². The number of carbonyl (C=O) groups is 3. The van der Waals surface area contributed by atoms with Gasteiger partial charge in [-0.25, -0.2) is 0 Å². The number of hydrogen-bond donors (Lipinski definition) is 3. The molecule has 0 aliphatic rings. The molecule has 6 nitrogen and oxygen atoms in total. The van der Waals surface area contributed by atoms with Crippen LogP contribution in [0.1, 0.15) is 23.2 Å². The van der Waals surface area contributed by atoms with Crippen LogP contribution in [-0.4, -0.2) is 22.9 Å². The maximum Gasteiger partial charge on any atom is 0.303 e. The van der Waals surface area contributed by atoms with Crippen molar-refractivity contribution in [3.05, 3.63) is 34.9 Å². The van der Waals surface area contributed by atoms with Crippen molar-refractivity contribution in [2.75, 3.05) is 0 Å². The zero-order valence-electron chi connectivity index (χ0n) is 9.27. The lowest BCUT2D eigenvalue weighted by Gasteiger charge is -2.06. The molecule has 1 rings (SSSR count). The first-order valence-corrected chi connectivity index (χ1v) is 5.43. The summed E-state index contributed by atoms with van der Waals surface area (Å²) >= 11 is 5.70. The molecule has 1 aromatic carbocycles. The summed E-state index contributed by atoms with van der Waals surface area (Å²) < 4.78 is 0. The van der Waals surface area contributed by atoms with Gasteiger partial charge in [-0.3, -0.25) is 25.2 Å². The molecule has 0 aliphatic heterocycles. The van der Waals surface area contributed by atoms with Crippen molar-refractivity contribution in [1.29, 1.82) is 0 Å². The molecule has 0 saturated heterocycles. The number of carbonyl (C=O) groups excluding carboxylic acids is 2. The Labute approximate surface area is 108 Å². The van der Waals surface area contributed by atoms with Gasteiger partial charge in [0.05, 0.1) is 6.42 Å². The Kier molecular flexibility index (Phi) is 5.13. The molecule has 3 N–H and O–H groups in total. The van der Waals surface area contributed by atoms with Gasteiger partial charge in [0.1, 0.15) is 0 Å². The average Bonchev–Trinajstić information content (AvgIpc) is 2.33. The molecular formula is C11H11ClN2O4. The van der Waals surface area contributed by atoms with Gasteiger partial charge in [-0.05, 0) is 18.2 Å². The molecule has 0 spiro atoms. The standard InChI is InChI=1S/C11H11ClN2O4/c12-8-3-1-2-7(6-8)11(18)14-13-9(15)4-5-10(16)17/h1-3,6H,4-5H2,(H,13,15)(H,14,18)(H,16,17). The number of carboxylic acids is 1. The lowest BCUT2D eigenvalue weighted by atomic mass is 10.2. The predicted molar refractivity (Wildman–Crippen MR) is 63.9 cm³/mol. The molecule has 0 radical (unpaired) electrons. The highest BCUT2D eigenvalue weighted by atomic mass is 35.5. The van der Waals surface area contributed by atoms with Crippen LogP contribution >= 0.6 is 11.6 Å². The van der Waals surface area contributed by atoms with E-state index in [0.29, 0.717) is 10.6 Å². The summed E-state index contributed by atoms with van der Waals surface area (Å²) in [5.41, 5.74) is 4.56. The molecule has 0 bridgehead atoms. The van der Waals surface area contributed by atoms with Crippen LogP contribution in [0.15, 0.2) is 24.3 Å². The van der Waals surface area contributed by atoms with Crippen LogP contribution in [-0.2, 0) is 9.59 Å². The molecule has 0 aliphatic carbocycles.